The van der Waals surface area contributed by atoms with E-state index in [2.05, 4.69) is 10.1 Å². The second-order valence-corrected chi connectivity index (χ2v) is 6.42. The van der Waals surface area contributed by atoms with Crippen molar-refractivity contribution in [1.82, 2.24) is 19.7 Å². The number of aromatic nitrogens is 3. The number of carbonyl (C=O) groups is 1. The van der Waals surface area contributed by atoms with Gasteiger partial charge in [0.2, 0.25) is 0 Å². The molecule has 6 nitrogen and oxygen atoms in total. The third kappa shape index (κ3) is 3.95. The Morgan fingerprint density at radius 1 is 1.16 bits per heavy atom. The number of likely N-dealkylation sites (tertiary alicyclic amines) is 1. The predicted molar refractivity (Wildman–Crippen MR) is 95.3 cm³/mol. The van der Waals surface area contributed by atoms with Crippen LogP contribution in [0, 0.1) is 0 Å². The third-order valence-corrected chi connectivity index (χ3v) is 4.63. The summed E-state index contributed by atoms with van der Waals surface area (Å²) < 4.78 is 1.38. The molecule has 0 saturated carbocycles. The number of rotatable bonds is 4. The maximum Gasteiger partial charge on any atom is 0.274 e. The highest BCUT2D eigenvalue weighted by Gasteiger charge is 2.28. The predicted octanol–water partition coefficient (Wildman–Crippen LogP) is 2.81. The minimum absolute atomic E-state index is 0.0337. The van der Waals surface area contributed by atoms with E-state index in [0.29, 0.717) is 18.8 Å². The molecule has 2 aromatic rings. The van der Waals surface area contributed by atoms with Crippen LogP contribution in [0.15, 0.2) is 41.5 Å². The molecule has 0 bridgehead atoms. The maximum absolute atomic E-state index is 13.1. The van der Waals surface area contributed by atoms with Gasteiger partial charge in [0.25, 0.3) is 11.5 Å². The molecule has 132 valence electrons. The van der Waals surface area contributed by atoms with Crippen molar-refractivity contribution in [3.8, 4) is 0 Å². The Morgan fingerprint density at radius 3 is 2.72 bits per heavy atom. The molecule has 1 aliphatic heterocycles. The lowest BCUT2D eigenvalue weighted by atomic mass is 10.0. The summed E-state index contributed by atoms with van der Waals surface area (Å²) >= 11 is 0. The van der Waals surface area contributed by atoms with E-state index in [9.17, 15) is 9.59 Å². The first kappa shape index (κ1) is 17.3. The van der Waals surface area contributed by atoms with Gasteiger partial charge in [-0.15, -0.1) is 0 Å². The molecule has 3 heterocycles. The standard InChI is InChI=1S/C19H24N4O2/c1-2-13-23-18(24)8-7-16(21-23)19(25)22-14-5-3-4-6-17(22)15-9-11-20-12-10-15/h7-12,17H,2-6,13-14H2,1H3/t17-/m1/s1. The Morgan fingerprint density at radius 2 is 1.96 bits per heavy atom. The molecule has 25 heavy (non-hydrogen) atoms. The molecular weight excluding hydrogens is 316 g/mol. The van der Waals surface area contributed by atoms with Crippen LogP contribution in [0.1, 0.15) is 61.1 Å². The number of hydrogen-bond acceptors (Lipinski definition) is 4. The summed E-state index contributed by atoms with van der Waals surface area (Å²) in [5, 5.41) is 4.30. The highest BCUT2D eigenvalue weighted by molar-refractivity contribution is 5.92. The van der Waals surface area contributed by atoms with Crippen molar-refractivity contribution in [2.24, 2.45) is 0 Å². The third-order valence-electron chi connectivity index (χ3n) is 4.63. The Labute approximate surface area is 147 Å². The summed E-state index contributed by atoms with van der Waals surface area (Å²) in [5.41, 5.74) is 1.28. The summed E-state index contributed by atoms with van der Waals surface area (Å²) in [7, 11) is 0. The summed E-state index contributed by atoms with van der Waals surface area (Å²) in [6.07, 6.45) is 8.47. The Kier molecular flexibility index (Phi) is 5.58. The van der Waals surface area contributed by atoms with Crippen molar-refractivity contribution < 1.29 is 4.79 Å². The van der Waals surface area contributed by atoms with Crippen LogP contribution in [0.3, 0.4) is 0 Å². The number of hydrogen-bond donors (Lipinski definition) is 0. The van der Waals surface area contributed by atoms with Crippen LogP contribution < -0.4 is 5.56 Å². The lowest BCUT2D eigenvalue weighted by Crippen LogP contribution is -2.36. The molecule has 0 spiro atoms. The average molecular weight is 340 g/mol. The molecule has 3 rings (SSSR count). The Balaban J connectivity index is 1.92. The summed E-state index contributed by atoms with van der Waals surface area (Å²) in [6, 6.07) is 6.97. The molecule has 6 heteroatoms. The lowest BCUT2D eigenvalue weighted by Gasteiger charge is -2.30. The van der Waals surface area contributed by atoms with Crippen molar-refractivity contribution >= 4 is 5.91 Å². The summed E-state index contributed by atoms with van der Waals surface area (Å²) in [4.78, 5) is 31.0. The van der Waals surface area contributed by atoms with Crippen molar-refractivity contribution in [3.05, 3.63) is 58.3 Å². The minimum Gasteiger partial charge on any atom is -0.330 e. The van der Waals surface area contributed by atoms with Crippen LogP contribution in [0.2, 0.25) is 0 Å². The fourth-order valence-corrected chi connectivity index (χ4v) is 3.37. The summed E-state index contributed by atoms with van der Waals surface area (Å²) in [6.45, 7) is 3.21. The number of amides is 1. The van der Waals surface area contributed by atoms with E-state index in [1.54, 1.807) is 18.5 Å². The maximum atomic E-state index is 13.1. The number of aryl methyl sites for hydroxylation is 1. The van der Waals surface area contributed by atoms with Crippen molar-refractivity contribution in [3.63, 3.8) is 0 Å². The van der Waals surface area contributed by atoms with Crippen LogP contribution in [-0.4, -0.2) is 32.1 Å². The highest BCUT2D eigenvalue weighted by Crippen LogP contribution is 2.30. The van der Waals surface area contributed by atoms with Gasteiger partial charge in [0, 0.05) is 31.5 Å². The van der Waals surface area contributed by atoms with E-state index in [0.717, 1.165) is 37.7 Å². The Bertz CT molecular complexity index is 772. The van der Waals surface area contributed by atoms with Crippen LogP contribution in [0.5, 0.6) is 0 Å². The van der Waals surface area contributed by atoms with E-state index in [1.807, 2.05) is 24.0 Å². The fourth-order valence-electron chi connectivity index (χ4n) is 3.37. The van der Waals surface area contributed by atoms with Gasteiger partial charge in [-0.05, 0) is 43.0 Å². The van der Waals surface area contributed by atoms with Crippen LogP contribution >= 0.6 is 0 Å². The first-order chi connectivity index (χ1) is 12.2. The smallest absolute Gasteiger partial charge is 0.274 e. The molecule has 1 amide bonds. The van der Waals surface area contributed by atoms with Gasteiger partial charge < -0.3 is 4.90 Å². The molecule has 1 aliphatic rings. The second-order valence-electron chi connectivity index (χ2n) is 6.42. The molecule has 0 aromatic carbocycles. The monoisotopic (exact) mass is 340 g/mol. The van der Waals surface area contributed by atoms with Crippen LogP contribution in [-0.2, 0) is 6.54 Å². The first-order valence-electron chi connectivity index (χ1n) is 8.99. The van der Waals surface area contributed by atoms with E-state index in [4.69, 9.17) is 0 Å². The van der Waals surface area contributed by atoms with Gasteiger partial charge in [-0.1, -0.05) is 19.8 Å². The zero-order chi connectivity index (χ0) is 17.6. The normalized spacial score (nSPS) is 18.0. The topological polar surface area (TPSA) is 68.1 Å². The Hall–Kier alpha value is -2.50. The van der Waals surface area contributed by atoms with Crippen LogP contribution in [0.25, 0.3) is 0 Å². The van der Waals surface area contributed by atoms with Crippen molar-refractivity contribution in [2.75, 3.05) is 6.54 Å². The minimum atomic E-state index is -0.167. The van der Waals surface area contributed by atoms with Gasteiger partial charge >= 0.3 is 0 Å². The second kappa shape index (κ2) is 8.05. The molecular formula is C19H24N4O2. The number of nitrogens with zero attached hydrogens (tertiary/aromatic N) is 4. The fraction of sp³-hybridized carbons (Fsp3) is 0.474. The molecule has 2 aromatic heterocycles. The van der Waals surface area contributed by atoms with E-state index in [-0.39, 0.29) is 17.5 Å². The molecule has 0 aliphatic carbocycles. The molecule has 0 N–H and O–H groups in total. The average Bonchev–Trinajstić information content (AvgIpc) is 2.90. The molecule has 0 radical (unpaired) electrons. The van der Waals surface area contributed by atoms with Gasteiger partial charge in [-0.3, -0.25) is 14.6 Å². The van der Waals surface area contributed by atoms with E-state index in [1.165, 1.54) is 10.7 Å². The SMILES string of the molecule is CCCn1nc(C(=O)N2CCCCC[C@@H]2c2ccncc2)ccc1=O. The van der Waals surface area contributed by atoms with E-state index < -0.39 is 0 Å². The quantitative estimate of drug-likeness (QED) is 0.858. The van der Waals surface area contributed by atoms with Gasteiger partial charge in [-0.2, -0.15) is 5.10 Å². The van der Waals surface area contributed by atoms with Crippen molar-refractivity contribution in [2.45, 2.75) is 51.6 Å². The lowest BCUT2D eigenvalue weighted by molar-refractivity contribution is 0.0671. The zero-order valence-corrected chi connectivity index (χ0v) is 14.6. The zero-order valence-electron chi connectivity index (χ0n) is 14.6. The van der Waals surface area contributed by atoms with Gasteiger partial charge in [0.1, 0.15) is 5.69 Å². The van der Waals surface area contributed by atoms with Crippen LogP contribution in [0.4, 0.5) is 0 Å². The van der Waals surface area contributed by atoms with Gasteiger partial charge in [0.05, 0.1) is 6.04 Å². The molecule has 1 fully saturated rings. The molecule has 1 atom stereocenters. The number of carbonyl (C=O) groups excluding carboxylic acids is 1. The molecule has 0 unspecified atom stereocenters. The van der Waals surface area contributed by atoms with E-state index >= 15 is 0 Å². The number of pyridine rings is 1. The van der Waals surface area contributed by atoms with Gasteiger partial charge in [-0.25, -0.2) is 4.68 Å². The van der Waals surface area contributed by atoms with Gasteiger partial charge in [0.15, 0.2) is 0 Å². The first-order valence-corrected chi connectivity index (χ1v) is 8.99. The molecule has 1 saturated heterocycles. The largest absolute Gasteiger partial charge is 0.330 e. The van der Waals surface area contributed by atoms with Crippen molar-refractivity contribution in [1.29, 1.82) is 0 Å². The summed E-state index contributed by atoms with van der Waals surface area (Å²) in [5.74, 6) is -0.103. The highest BCUT2D eigenvalue weighted by atomic mass is 16.2.